The molecule has 4 rings (SSSR count). The minimum Gasteiger partial charge on any atom is -0.494 e. The van der Waals surface area contributed by atoms with E-state index in [2.05, 4.69) is 5.32 Å². The number of fused-ring (bicyclic) bond motifs is 1. The van der Waals surface area contributed by atoms with Gasteiger partial charge in [0.1, 0.15) is 18.1 Å². The van der Waals surface area contributed by atoms with Gasteiger partial charge < -0.3 is 10.1 Å². The van der Waals surface area contributed by atoms with Crippen LogP contribution in [0.15, 0.2) is 76.4 Å². The van der Waals surface area contributed by atoms with Crippen LogP contribution in [-0.2, 0) is 14.8 Å². The molecule has 37 heavy (non-hydrogen) atoms. The number of carbonyl (C=O) groups excluding carboxylic acids is 1. The third-order valence-corrected chi connectivity index (χ3v) is 8.24. The van der Waals surface area contributed by atoms with Gasteiger partial charge in [0.2, 0.25) is 5.91 Å². The number of aromatic nitrogens is 1. The van der Waals surface area contributed by atoms with Crippen LogP contribution >= 0.6 is 11.3 Å². The van der Waals surface area contributed by atoms with E-state index in [4.69, 9.17) is 4.74 Å². The fourth-order valence-corrected chi connectivity index (χ4v) is 6.33. The lowest BCUT2D eigenvalue weighted by Crippen LogP contribution is -2.38. The van der Waals surface area contributed by atoms with E-state index in [-0.39, 0.29) is 21.5 Å². The van der Waals surface area contributed by atoms with Crippen LogP contribution in [-0.4, -0.2) is 32.0 Å². The maximum atomic E-state index is 13.6. The number of anilines is 2. The average molecular weight is 544 g/mol. The van der Waals surface area contributed by atoms with E-state index in [1.165, 1.54) is 36.4 Å². The molecular weight excluding hydrogens is 517 g/mol. The number of benzene rings is 3. The van der Waals surface area contributed by atoms with E-state index in [0.29, 0.717) is 22.7 Å². The quantitative estimate of drug-likeness (QED) is 0.320. The van der Waals surface area contributed by atoms with Crippen molar-refractivity contribution in [1.29, 1.82) is 0 Å². The van der Waals surface area contributed by atoms with Crippen LogP contribution in [0.4, 0.5) is 15.8 Å². The summed E-state index contributed by atoms with van der Waals surface area (Å²) in [6.45, 7) is 5.52. The molecule has 0 saturated heterocycles. The predicted octanol–water partition coefficient (Wildman–Crippen LogP) is 5.02. The number of sulfonamides is 1. The lowest BCUT2D eigenvalue weighted by atomic mass is 10.2. The summed E-state index contributed by atoms with van der Waals surface area (Å²) in [4.78, 5) is 25.2. The van der Waals surface area contributed by atoms with Crippen molar-refractivity contribution in [1.82, 2.24) is 4.57 Å². The number of halogens is 1. The van der Waals surface area contributed by atoms with Crippen molar-refractivity contribution in [2.24, 2.45) is 0 Å². The molecule has 1 aromatic heterocycles. The SMILES string of the molecule is CCOc1ccc(S(=O)(=O)N(CC(=O)Nc2ccc3c(c2)sc(=O)n3C(C)C)c2ccc(F)cc2)cc1. The molecule has 0 atom stereocenters. The van der Waals surface area contributed by atoms with Crippen molar-refractivity contribution in [3.05, 3.63) is 82.2 Å². The van der Waals surface area contributed by atoms with Gasteiger partial charge in [-0.15, -0.1) is 0 Å². The third-order valence-electron chi connectivity index (χ3n) is 5.54. The molecule has 8 nitrogen and oxygen atoms in total. The van der Waals surface area contributed by atoms with Gasteiger partial charge in [-0.1, -0.05) is 11.3 Å². The van der Waals surface area contributed by atoms with Crippen LogP contribution < -0.4 is 19.2 Å². The summed E-state index contributed by atoms with van der Waals surface area (Å²) in [5.41, 5.74) is 1.31. The monoisotopic (exact) mass is 543 g/mol. The molecule has 4 aromatic rings. The van der Waals surface area contributed by atoms with Crippen molar-refractivity contribution < 1.29 is 22.3 Å². The molecule has 0 radical (unpaired) electrons. The van der Waals surface area contributed by atoms with Gasteiger partial charge in [-0.25, -0.2) is 12.8 Å². The van der Waals surface area contributed by atoms with Crippen LogP contribution in [0, 0.1) is 5.82 Å². The van der Waals surface area contributed by atoms with E-state index in [0.717, 1.165) is 33.3 Å². The number of amides is 1. The summed E-state index contributed by atoms with van der Waals surface area (Å²) < 4.78 is 49.3. The molecule has 0 fully saturated rings. The minimum atomic E-state index is -4.18. The zero-order valence-corrected chi connectivity index (χ0v) is 22.1. The molecule has 1 heterocycles. The lowest BCUT2D eigenvalue weighted by Gasteiger charge is -2.24. The van der Waals surface area contributed by atoms with Crippen LogP contribution in [0.25, 0.3) is 10.2 Å². The number of carbonyl (C=O) groups is 1. The highest BCUT2D eigenvalue weighted by atomic mass is 32.2. The van der Waals surface area contributed by atoms with E-state index >= 15 is 0 Å². The van der Waals surface area contributed by atoms with Crippen LogP contribution in [0.1, 0.15) is 26.8 Å². The Balaban J connectivity index is 1.63. The summed E-state index contributed by atoms with van der Waals surface area (Å²) in [6, 6.07) is 15.8. The number of thiazole rings is 1. The zero-order chi connectivity index (χ0) is 26.7. The minimum absolute atomic E-state index is 0.0150. The van der Waals surface area contributed by atoms with E-state index < -0.39 is 28.3 Å². The van der Waals surface area contributed by atoms with Gasteiger partial charge in [-0.05, 0) is 87.5 Å². The van der Waals surface area contributed by atoms with Crippen molar-refractivity contribution in [3.8, 4) is 5.75 Å². The number of ether oxygens (including phenoxy) is 1. The van der Waals surface area contributed by atoms with E-state index in [1.54, 1.807) is 22.8 Å². The first kappa shape index (κ1) is 26.4. The summed E-state index contributed by atoms with van der Waals surface area (Å²) in [7, 11) is -4.18. The topological polar surface area (TPSA) is 97.7 Å². The van der Waals surface area contributed by atoms with Crippen molar-refractivity contribution in [3.63, 3.8) is 0 Å². The Morgan fingerprint density at radius 3 is 2.38 bits per heavy atom. The largest absolute Gasteiger partial charge is 0.494 e. The maximum absolute atomic E-state index is 13.6. The normalized spacial score (nSPS) is 11.6. The molecular formula is C26H26FN3O5S2. The van der Waals surface area contributed by atoms with Gasteiger partial charge in [0.15, 0.2) is 0 Å². The lowest BCUT2D eigenvalue weighted by molar-refractivity contribution is -0.114. The van der Waals surface area contributed by atoms with Crippen LogP contribution in [0.3, 0.4) is 0 Å². The first-order chi connectivity index (χ1) is 17.6. The zero-order valence-electron chi connectivity index (χ0n) is 20.5. The average Bonchev–Trinajstić information content (AvgIpc) is 3.19. The van der Waals surface area contributed by atoms with Crippen molar-refractivity contribution >= 4 is 48.9 Å². The number of hydrogen-bond acceptors (Lipinski definition) is 6. The van der Waals surface area contributed by atoms with E-state index in [1.807, 2.05) is 20.8 Å². The molecule has 3 aromatic carbocycles. The number of rotatable bonds is 9. The van der Waals surface area contributed by atoms with Crippen molar-refractivity contribution in [2.45, 2.75) is 31.7 Å². The van der Waals surface area contributed by atoms with Gasteiger partial charge in [0.05, 0.1) is 27.4 Å². The molecule has 1 amide bonds. The smallest absolute Gasteiger partial charge is 0.308 e. The molecule has 0 saturated carbocycles. The standard InChI is InChI=1S/C26H26FN3O5S2/c1-4-35-21-10-12-22(13-11-21)37(33,34)29(20-8-5-18(27)6-9-20)16-25(31)28-19-7-14-23-24(15-19)36-26(32)30(23)17(2)3/h5-15,17H,4,16H2,1-3H3,(H,28,31). The highest BCUT2D eigenvalue weighted by Gasteiger charge is 2.27. The second kappa shape index (κ2) is 10.7. The Labute approximate surface area is 218 Å². The summed E-state index contributed by atoms with van der Waals surface area (Å²) in [5, 5.41) is 2.71. The number of nitrogens with zero attached hydrogens (tertiary/aromatic N) is 2. The predicted molar refractivity (Wildman–Crippen MR) is 144 cm³/mol. The van der Waals surface area contributed by atoms with Crippen molar-refractivity contribution in [2.75, 3.05) is 22.8 Å². The Morgan fingerprint density at radius 2 is 1.76 bits per heavy atom. The molecule has 0 bridgehead atoms. The Morgan fingerprint density at radius 1 is 1.08 bits per heavy atom. The molecule has 1 N–H and O–H groups in total. The van der Waals surface area contributed by atoms with E-state index in [9.17, 15) is 22.4 Å². The molecule has 0 aliphatic rings. The molecule has 0 spiro atoms. The molecule has 194 valence electrons. The van der Waals surface area contributed by atoms with Gasteiger partial charge >= 0.3 is 4.87 Å². The van der Waals surface area contributed by atoms with Gasteiger partial charge in [-0.2, -0.15) is 0 Å². The second-order valence-corrected chi connectivity index (χ2v) is 11.3. The van der Waals surface area contributed by atoms with Gasteiger partial charge in [0.25, 0.3) is 10.0 Å². The first-order valence-electron chi connectivity index (χ1n) is 11.6. The Bertz CT molecular complexity index is 1580. The molecule has 11 heteroatoms. The molecule has 0 aliphatic carbocycles. The Hall–Kier alpha value is -3.70. The third kappa shape index (κ3) is 5.67. The Kier molecular flexibility index (Phi) is 7.65. The highest BCUT2D eigenvalue weighted by Crippen LogP contribution is 2.27. The molecule has 0 unspecified atom stereocenters. The highest BCUT2D eigenvalue weighted by molar-refractivity contribution is 7.92. The fraction of sp³-hybridized carbons (Fsp3) is 0.231. The van der Waals surface area contributed by atoms with Crippen LogP contribution in [0.2, 0.25) is 0 Å². The fourth-order valence-electron chi connectivity index (χ4n) is 3.86. The maximum Gasteiger partial charge on any atom is 0.308 e. The molecule has 0 aliphatic heterocycles. The first-order valence-corrected chi connectivity index (χ1v) is 13.8. The number of hydrogen-bond donors (Lipinski definition) is 1. The second-order valence-electron chi connectivity index (χ2n) is 8.45. The summed E-state index contributed by atoms with van der Waals surface area (Å²) in [6.07, 6.45) is 0. The van der Waals surface area contributed by atoms with Gasteiger partial charge in [0, 0.05) is 11.7 Å². The number of nitrogens with one attached hydrogen (secondary N) is 1. The van der Waals surface area contributed by atoms with Crippen LogP contribution in [0.5, 0.6) is 5.75 Å². The summed E-state index contributed by atoms with van der Waals surface area (Å²) in [5.74, 6) is -0.627. The van der Waals surface area contributed by atoms with Gasteiger partial charge in [-0.3, -0.25) is 18.5 Å². The summed E-state index contributed by atoms with van der Waals surface area (Å²) >= 11 is 1.07.